The number of nitrogens with zero attached hydrogens (tertiary/aromatic N) is 1. The number of amides is 2. The first-order valence-electron chi connectivity index (χ1n) is 8.59. The molecule has 0 heterocycles. The van der Waals surface area contributed by atoms with Crippen molar-refractivity contribution in [3.8, 4) is 11.5 Å². The van der Waals surface area contributed by atoms with Crippen LogP contribution in [0.1, 0.15) is 0 Å². The first-order chi connectivity index (χ1) is 13.9. The second kappa shape index (κ2) is 10.9. The number of benzene rings is 2. The van der Waals surface area contributed by atoms with Crippen molar-refractivity contribution >= 4 is 35.1 Å². The van der Waals surface area contributed by atoms with Crippen molar-refractivity contribution in [1.82, 2.24) is 4.90 Å². The second-order valence-corrected chi connectivity index (χ2v) is 6.37. The third-order valence-electron chi connectivity index (χ3n) is 3.67. The first-order valence-corrected chi connectivity index (χ1v) is 8.97. The maximum Gasteiger partial charge on any atom is 0.344 e. The van der Waals surface area contributed by atoms with Crippen molar-refractivity contribution in [1.29, 1.82) is 0 Å². The molecule has 0 aromatic heterocycles. The van der Waals surface area contributed by atoms with E-state index < -0.39 is 24.4 Å². The lowest BCUT2D eigenvalue weighted by Crippen LogP contribution is -2.37. The zero-order valence-corrected chi connectivity index (χ0v) is 16.8. The summed E-state index contributed by atoms with van der Waals surface area (Å²) in [5.41, 5.74) is 0.541. The maximum absolute atomic E-state index is 12.1. The number of hydrogen-bond acceptors (Lipinski definition) is 6. The van der Waals surface area contributed by atoms with E-state index in [-0.39, 0.29) is 13.2 Å². The summed E-state index contributed by atoms with van der Waals surface area (Å²) in [6.07, 6.45) is 0. The molecular weight excluding hydrogens is 400 g/mol. The molecule has 0 atom stereocenters. The van der Waals surface area contributed by atoms with E-state index >= 15 is 0 Å². The number of rotatable bonds is 9. The van der Waals surface area contributed by atoms with E-state index in [1.165, 1.54) is 14.2 Å². The van der Waals surface area contributed by atoms with E-state index in [1.54, 1.807) is 48.5 Å². The minimum absolute atomic E-state index is 0.202. The van der Waals surface area contributed by atoms with Gasteiger partial charge in [-0.25, -0.2) is 4.79 Å². The highest BCUT2D eigenvalue weighted by Gasteiger charge is 2.16. The lowest BCUT2D eigenvalue weighted by atomic mass is 10.3. The molecule has 0 fully saturated rings. The zero-order chi connectivity index (χ0) is 21.2. The number of halogens is 1. The molecule has 2 aromatic rings. The van der Waals surface area contributed by atoms with Crippen molar-refractivity contribution in [2.75, 3.05) is 39.2 Å². The van der Waals surface area contributed by atoms with Crippen LogP contribution in [0.15, 0.2) is 48.5 Å². The van der Waals surface area contributed by atoms with Crippen LogP contribution in [0.5, 0.6) is 11.5 Å². The smallest absolute Gasteiger partial charge is 0.344 e. The number of nitrogens with one attached hydrogen (secondary N) is 1. The Hall–Kier alpha value is -3.26. The predicted molar refractivity (Wildman–Crippen MR) is 107 cm³/mol. The molecule has 2 rings (SSSR count). The summed E-state index contributed by atoms with van der Waals surface area (Å²) in [5, 5.41) is 3.13. The van der Waals surface area contributed by atoms with Crippen LogP contribution in [0.2, 0.25) is 5.02 Å². The molecule has 0 aliphatic carbocycles. The molecule has 0 unspecified atom stereocenters. The van der Waals surface area contributed by atoms with Gasteiger partial charge in [-0.15, -0.1) is 0 Å². The number of ether oxygens (including phenoxy) is 3. The predicted octanol–water partition coefficient (Wildman–Crippen LogP) is 2.37. The molecule has 0 spiro atoms. The van der Waals surface area contributed by atoms with Gasteiger partial charge >= 0.3 is 5.97 Å². The molecule has 9 heteroatoms. The Morgan fingerprint density at radius 2 is 1.76 bits per heavy atom. The second-order valence-electron chi connectivity index (χ2n) is 5.94. The molecule has 2 amide bonds. The summed E-state index contributed by atoms with van der Waals surface area (Å²) in [6.45, 7) is -1.07. The zero-order valence-electron chi connectivity index (χ0n) is 16.0. The summed E-state index contributed by atoms with van der Waals surface area (Å²) in [4.78, 5) is 37.0. The highest BCUT2D eigenvalue weighted by molar-refractivity contribution is 6.30. The molecule has 0 bridgehead atoms. The summed E-state index contributed by atoms with van der Waals surface area (Å²) < 4.78 is 15.2. The van der Waals surface area contributed by atoms with Crippen LogP contribution in [-0.4, -0.2) is 56.6 Å². The number of carbonyl (C=O) groups is 3. The van der Waals surface area contributed by atoms with Crippen molar-refractivity contribution in [3.05, 3.63) is 53.6 Å². The molecule has 154 valence electrons. The Morgan fingerprint density at radius 3 is 2.48 bits per heavy atom. The fraction of sp³-hybridized carbons (Fsp3) is 0.250. The molecule has 0 aliphatic rings. The molecule has 29 heavy (non-hydrogen) atoms. The van der Waals surface area contributed by atoms with Gasteiger partial charge in [-0.2, -0.15) is 0 Å². The first kappa shape index (κ1) is 22.0. The van der Waals surface area contributed by atoms with E-state index in [9.17, 15) is 14.4 Å². The summed E-state index contributed by atoms with van der Waals surface area (Å²) >= 11 is 5.82. The standard InChI is InChI=1S/C20H21ClN2O6/c1-23(11-18(24)22-15-6-4-7-16(10-15)27-2)19(25)12-29-20(26)13-28-17-8-3-5-14(21)9-17/h3-10H,11-13H2,1-2H3,(H,22,24). The van der Waals surface area contributed by atoms with Crippen LogP contribution in [0.4, 0.5) is 5.69 Å². The van der Waals surface area contributed by atoms with E-state index in [4.69, 9.17) is 25.8 Å². The third kappa shape index (κ3) is 7.71. The summed E-state index contributed by atoms with van der Waals surface area (Å²) in [7, 11) is 2.96. The van der Waals surface area contributed by atoms with Crippen LogP contribution in [0.25, 0.3) is 0 Å². The van der Waals surface area contributed by atoms with Gasteiger partial charge in [-0.05, 0) is 30.3 Å². The number of anilines is 1. The number of hydrogen-bond donors (Lipinski definition) is 1. The molecule has 8 nitrogen and oxygen atoms in total. The topological polar surface area (TPSA) is 94.2 Å². The van der Waals surface area contributed by atoms with Gasteiger partial charge in [0.15, 0.2) is 13.2 Å². The van der Waals surface area contributed by atoms with Gasteiger partial charge in [0, 0.05) is 23.8 Å². The van der Waals surface area contributed by atoms with Crippen molar-refractivity contribution < 1.29 is 28.6 Å². The van der Waals surface area contributed by atoms with Gasteiger partial charge in [-0.1, -0.05) is 23.7 Å². The van der Waals surface area contributed by atoms with Gasteiger partial charge in [0.2, 0.25) is 5.91 Å². The minimum atomic E-state index is -0.715. The average molecular weight is 421 g/mol. The Bertz CT molecular complexity index is 874. The van der Waals surface area contributed by atoms with Gasteiger partial charge in [0.1, 0.15) is 11.5 Å². The van der Waals surface area contributed by atoms with Crippen LogP contribution >= 0.6 is 11.6 Å². The van der Waals surface area contributed by atoms with Gasteiger partial charge in [-0.3, -0.25) is 9.59 Å². The van der Waals surface area contributed by atoms with Gasteiger partial charge in [0.25, 0.3) is 5.91 Å². The number of methoxy groups -OCH3 is 1. The lowest BCUT2D eigenvalue weighted by Gasteiger charge is -2.17. The molecule has 2 aromatic carbocycles. The molecular formula is C20H21ClN2O6. The molecule has 0 aliphatic heterocycles. The van der Waals surface area contributed by atoms with Crippen LogP contribution in [-0.2, 0) is 19.1 Å². The third-order valence-corrected chi connectivity index (χ3v) is 3.90. The fourth-order valence-electron chi connectivity index (χ4n) is 2.20. The fourth-order valence-corrected chi connectivity index (χ4v) is 2.38. The largest absolute Gasteiger partial charge is 0.497 e. The lowest BCUT2D eigenvalue weighted by molar-refractivity contribution is -0.153. The quantitative estimate of drug-likeness (QED) is 0.626. The van der Waals surface area contributed by atoms with E-state index in [0.29, 0.717) is 22.2 Å². The SMILES string of the molecule is COc1cccc(NC(=O)CN(C)C(=O)COC(=O)COc2cccc(Cl)c2)c1. The van der Waals surface area contributed by atoms with Crippen molar-refractivity contribution in [3.63, 3.8) is 0 Å². The van der Waals surface area contributed by atoms with Crippen LogP contribution in [0, 0.1) is 0 Å². The Labute approximate surface area is 173 Å². The normalized spacial score (nSPS) is 10.0. The van der Waals surface area contributed by atoms with Gasteiger partial charge < -0.3 is 24.4 Å². The Balaban J connectivity index is 1.72. The highest BCUT2D eigenvalue weighted by Crippen LogP contribution is 2.17. The van der Waals surface area contributed by atoms with E-state index in [2.05, 4.69) is 5.32 Å². The van der Waals surface area contributed by atoms with Gasteiger partial charge in [0.05, 0.1) is 13.7 Å². The summed E-state index contributed by atoms with van der Waals surface area (Å²) in [6, 6.07) is 13.4. The van der Waals surface area contributed by atoms with Crippen molar-refractivity contribution in [2.24, 2.45) is 0 Å². The molecule has 0 saturated carbocycles. The van der Waals surface area contributed by atoms with Crippen LogP contribution in [0.3, 0.4) is 0 Å². The monoisotopic (exact) mass is 420 g/mol. The van der Waals surface area contributed by atoms with Crippen LogP contribution < -0.4 is 14.8 Å². The molecule has 1 N–H and O–H groups in total. The molecule has 0 saturated heterocycles. The van der Waals surface area contributed by atoms with Crippen molar-refractivity contribution in [2.45, 2.75) is 0 Å². The average Bonchev–Trinajstić information content (AvgIpc) is 2.70. The number of carbonyl (C=O) groups excluding carboxylic acids is 3. The minimum Gasteiger partial charge on any atom is -0.497 e. The van der Waals surface area contributed by atoms with E-state index in [0.717, 1.165) is 4.90 Å². The summed E-state index contributed by atoms with van der Waals surface area (Å²) in [5.74, 6) is -0.634. The Kier molecular flexibility index (Phi) is 8.29. The highest BCUT2D eigenvalue weighted by atomic mass is 35.5. The Morgan fingerprint density at radius 1 is 1.03 bits per heavy atom. The molecule has 0 radical (unpaired) electrons. The number of likely N-dealkylation sites (N-methyl/N-ethyl adjacent to an activating group) is 1. The van der Waals surface area contributed by atoms with E-state index in [1.807, 2.05) is 0 Å². The maximum atomic E-state index is 12.1. The number of esters is 1.